The summed E-state index contributed by atoms with van der Waals surface area (Å²) in [4.78, 5) is 24.0. The van der Waals surface area contributed by atoms with Gasteiger partial charge in [-0.15, -0.1) is 10.2 Å². The zero-order valence-corrected chi connectivity index (χ0v) is 12.8. The largest absolute Gasteiger partial charge is 0.410 e. The molecule has 0 saturated heterocycles. The molecule has 0 bridgehead atoms. The van der Waals surface area contributed by atoms with Crippen LogP contribution in [0.25, 0.3) is 0 Å². The van der Waals surface area contributed by atoms with Crippen molar-refractivity contribution in [3.05, 3.63) is 40.4 Å². The van der Waals surface area contributed by atoms with Gasteiger partial charge in [0.15, 0.2) is 11.5 Å². The number of nitrogens with one attached hydrogen (secondary N) is 1. The van der Waals surface area contributed by atoms with E-state index in [0.717, 1.165) is 5.56 Å². The first kappa shape index (κ1) is 15.8. The predicted octanol–water partition coefficient (Wildman–Crippen LogP) is 2.20. The summed E-state index contributed by atoms with van der Waals surface area (Å²) in [7, 11) is 0. The van der Waals surface area contributed by atoms with Crippen LogP contribution in [0.4, 0.5) is 5.13 Å². The van der Waals surface area contributed by atoms with Crippen molar-refractivity contribution < 1.29 is 14.8 Å². The topological polar surface area (TPSA) is 105 Å². The highest BCUT2D eigenvalue weighted by Crippen LogP contribution is 2.14. The van der Waals surface area contributed by atoms with Gasteiger partial charge < -0.3 is 5.21 Å². The molecule has 7 nitrogen and oxygen atoms in total. The number of Topliss-reactive ketones (excluding diaryl/α,β-unsaturated/α-hetero) is 1. The molecule has 0 unspecified atom stereocenters. The zero-order chi connectivity index (χ0) is 16.1. The number of hydrogen-bond acceptors (Lipinski definition) is 7. The third kappa shape index (κ3) is 3.95. The molecule has 0 aliphatic carbocycles. The molecule has 0 spiro atoms. The number of benzene rings is 1. The van der Waals surface area contributed by atoms with E-state index in [0.29, 0.717) is 10.6 Å². The Morgan fingerprint density at radius 1 is 1.23 bits per heavy atom. The molecular formula is C14H14N4O3S. The maximum absolute atomic E-state index is 12.1. The molecule has 2 aromatic rings. The minimum absolute atomic E-state index is 0.279. The second-order valence-corrected chi connectivity index (χ2v) is 5.77. The molecule has 22 heavy (non-hydrogen) atoms. The smallest absolute Gasteiger partial charge is 0.275 e. The number of rotatable bonds is 5. The first-order valence-electron chi connectivity index (χ1n) is 6.42. The molecule has 1 amide bonds. The van der Waals surface area contributed by atoms with Gasteiger partial charge in [0, 0.05) is 5.56 Å². The number of anilines is 1. The summed E-state index contributed by atoms with van der Waals surface area (Å²) < 4.78 is 0. The summed E-state index contributed by atoms with van der Waals surface area (Å²) in [6, 6.07) is 6.93. The van der Waals surface area contributed by atoms with E-state index >= 15 is 0 Å². The van der Waals surface area contributed by atoms with Gasteiger partial charge >= 0.3 is 0 Å². The molecule has 0 aliphatic heterocycles. The lowest BCUT2D eigenvalue weighted by atomic mass is 10.0. The van der Waals surface area contributed by atoms with Crippen LogP contribution >= 0.6 is 11.3 Å². The lowest BCUT2D eigenvalue weighted by molar-refractivity contribution is -0.110. The highest BCUT2D eigenvalue weighted by Gasteiger charge is 2.19. The van der Waals surface area contributed by atoms with Gasteiger partial charge in [0.1, 0.15) is 5.01 Å². The van der Waals surface area contributed by atoms with E-state index in [1.165, 1.54) is 11.3 Å². The summed E-state index contributed by atoms with van der Waals surface area (Å²) >= 11 is 1.19. The van der Waals surface area contributed by atoms with Gasteiger partial charge in [0.25, 0.3) is 5.91 Å². The molecule has 8 heteroatoms. The number of oxime groups is 1. The number of aromatic nitrogens is 2. The van der Waals surface area contributed by atoms with Crippen molar-refractivity contribution in [3.63, 3.8) is 0 Å². The third-order valence-electron chi connectivity index (χ3n) is 2.83. The van der Waals surface area contributed by atoms with Crippen molar-refractivity contribution in [1.82, 2.24) is 10.2 Å². The van der Waals surface area contributed by atoms with Crippen LogP contribution in [0.1, 0.15) is 27.3 Å². The Balaban J connectivity index is 2.04. The Kier molecular flexibility index (Phi) is 4.95. The Morgan fingerprint density at radius 2 is 1.91 bits per heavy atom. The molecule has 1 aromatic heterocycles. The summed E-state index contributed by atoms with van der Waals surface area (Å²) in [5.74, 6) is -0.990. The van der Waals surface area contributed by atoms with Gasteiger partial charge in [-0.05, 0) is 13.8 Å². The van der Waals surface area contributed by atoms with Crippen LogP contribution < -0.4 is 5.32 Å². The van der Waals surface area contributed by atoms with Crippen molar-refractivity contribution in [3.8, 4) is 0 Å². The van der Waals surface area contributed by atoms with Gasteiger partial charge in [-0.1, -0.05) is 46.3 Å². The van der Waals surface area contributed by atoms with Crippen LogP contribution in [0.5, 0.6) is 0 Å². The van der Waals surface area contributed by atoms with Crippen molar-refractivity contribution in [2.75, 3.05) is 5.32 Å². The number of carbonyl (C=O) groups excluding carboxylic acids is 2. The molecule has 2 N–H and O–H groups in total. The van der Waals surface area contributed by atoms with Gasteiger partial charge in [-0.25, -0.2) is 0 Å². The fourth-order valence-corrected chi connectivity index (χ4v) is 2.26. The highest BCUT2D eigenvalue weighted by molar-refractivity contribution is 7.15. The molecule has 0 radical (unpaired) electrons. The second-order valence-electron chi connectivity index (χ2n) is 4.59. The quantitative estimate of drug-likeness (QED) is 0.380. The molecule has 0 aliphatic rings. The van der Waals surface area contributed by atoms with E-state index in [2.05, 4.69) is 20.7 Å². The van der Waals surface area contributed by atoms with Crippen molar-refractivity contribution in [2.45, 2.75) is 20.3 Å². The Bertz CT molecular complexity index is 722. The zero-order valence-electron chi connectivity index (χ0n) is 12.0. The van der Waals surface area contributed by atoms with Crippen LogP contribution in [-0.4, -0.2) is 32.8 Å². The lowest BCUT2D eigenvalue weighted by Gasteiger charge is -2.04. The van der Waals surface area contributed by atoms with Crippen molar-refractivity contribution >= 4 is 33.9 Å². The number of nitrogens with zero attached hydrogens (tertiary/aromatic N) is 3. The van der Waals surface area contributed by atoms with E-state index < -0.39 is 5.91 Å². The van der Waals surface area contributed by atoms with Crippen molar-refractivity contribution in [2.24, 2.45) is 5.16 Å². The first-order chi connectivity index (χ1) is 10.5. The highest BCUT2D eigenvalue weighted by atomic mass is 32.1. The van der Waals surface area contributed by atoms with Crippen molar-refractivity contribution in [1.29, 1.82) is 0 Å². The van der Waals surface area contributed by atoms with Crippen LogP contribution in [0.2, 0.25) is 0 Å². The molecule has 2 rings (SSSR count). The summed E-state index contributed by atoms with van der Waals surface area (Å²) in [5.41, 5.74) is 1.20. The van der Waals surface area contributed by atoms with Gasteiger partial charge in [-0.2, -0.15) is 0 Å². The normalized spacial score (nSPS) is 11.3. The number of aryl methyl sites for hydroxylation is 2. The van der Waals surface area contributed by atoms with Crippen LogP contribution in [-0.2, 0) is 4.79 Å². The Hall–Kier alpha value is -2.61. The molecule has 0 fully saturated rings. The van der Waals surface area contributed by atoms with E-state index in [1.54, 1.807) is 31.2 Å². The molecular weight excluding hydrogens is 304 g/mol. The van der Waals surface area contributed by atoms with E-state index in [-0.39, 0.29) is 23.0 Å². The molecule has 114 valence electrons. The predicted molar refractivity (Wildman–Crippen MR) is 82.6 cm³/mol. The fourth-order valence-electron chi connectivity index (χ4n) is 1.67. The number of hydrogen-bond donors (Lipinski definition) is 2. The number of amides is 1. The molecule has 1 aromatic carbocycles. The average molecular weight is 318 g/mol. The van der Waals surface area contributed by atoms with Gasteiger partial charge in [0.05, 0.1) is 6.42 Å². The average Bonchev–Trinajstić information content (AvgIpc) is 2.90. The third-order valence-corrected chi connectivity index (χ3v) is 3.58. The summed E-state index contributed by atoms with van der Waals surface area (Å²) in [5, 5.41) is 22.8. The molecule has 0 atom stereocenters. The minimum Gasteiger partial charge on any atom is -0.410 e. The standard InChI is InChI=1S/C14H14N4O3S/c1-8-3-5-10(6-4-8)12(19)7-11(18-21)13(20)15-14-17-16-9(2)22-14/h3-6,21H,7H2,1-2H3,(H,15,17,20). The molecule has 1 heterocycles. The van der Waals surface area contributed by atoms with Crippen LogP contribution in [0, 0.1) is 13.8 Å². The minimum atomic E-state index is -0.681. The summed E-state index contributed by atoms with van der Waals surface area (Å²) in [6.07, 6.45) is -0.302. The van der Waals surface area contributed by atoms with Crippen LogP contribution in [0.3, 0.4) is 0 Å². The molecule has 0 saturated carbocycles. The second kappa shape index (κ2) is 6.90. The Morgan fingerprint density at radius 3 is 2.45 bits per heavy atom. The number of ketones is 1. The van der Waals surface area contributed by atoms with E-state index in [4.69, 9.17) is 5.21 Å². The van der Waals surface area contributed by atoms with Gasteiger partial charge in [0.2, 0.25) is 5.13 Å². The summed E-state index contributed by atoms with van der Waals surface area (Å²) in [6.45, 7) is 3.65. The maximum atomic E-state index is 12.1. The fraction of sp³-hybridized carbons (Fsp3) is 0.214. The first-order valence-corrected chi connectivity index (χ1v) is 7.23. The monoisotopic (exact) mass is 318 g/mol. The lowest BCUT2D eigenvalue weighted by Crippen LogP contribution is -2.25. The van der Waals surface area contributed by atoms with Crippen LogP contribution in [0.15, 0.2) is 29.4 Å². The Labute approximate surface area is 130 Å². The number of carbonyl (C=O) groups is 2. The maximum Gasteiger partial charge on any atom is 0.275 e. The van der Waals surface area contributed by atoms with E-state index in [9.17, 15) is 9.59 Å². The van der Waals surface area contributed by atoms with E-state index in [1.807, 2.05) is 6.92 Å². The SMILES string of the molecule is Cc1ccc(C(=O)CC(=NO)C(=O)Nc2nnc(C)s2)cc1. The van der Waals surface area contributed by atoms with Gasteiger partial charge in [-0.3, -0.25) is 14.9 Å².